The summed E-state index contributed by atoms with van der Waals surface area (Å²) in [7, 11) is 2.03. The number of nitrogens with one attached hydrogen (secondary N) is 1. The van der Waals surface area contributed by atoms with Crippen LogP contribution in [0.4, 0.5) is 0 Å². The van der Waals surface area contributed by atoms with Crippen LogP contribution in [-0.4, -0.2) is 36.5 Å². The molecule has 2 fully saturated rings. The Morgan fingerprint density at radius 2 is 2.00 bits per heavy atom. The Morgan fingerprint density at radius 3 is 2.63 bits per heavy atom. The molecule has 2 rings (SSSR count). The third-order valence-electron chi connectivity index (χ3n) is 5.28. The van der Waals surface area contributed by atoms with Crippen molar-refractivity contribution in [1.29, 1.82) is 0 Å². The van der Waals surface area contributed by atoms with Crippen LogP contribution in [0.2, 0.25) is 0 Å². The van der Waals surface area contributed by atoms with Gasteiger partial charge in [0.2, 0.25) is 5.91 Å². The van der Waals surface area contributed by atoms with Gasteiger partial charge in [-0.05, 0) is 38.6 Å². The molecule has 110 valence electrons. The van der Waals surface area contributed by atoms with E-state index in [1.807, 2.05) is 7.05 Å². The highest BCUT2D eigenvalue weighted by molar-refractivity contribution is 5.77. The van der Waals surface area contributed by atoms with Gasteiger partial charge in [-0.15, -0.1) is 0 Å². The van der Waals surface area contributed by atoms with Crippen LogP contribution in [0.15, 0.2) is 0 Å². The lowest BCUT2D eigenvalue weighted by Gasteiger charge is -2.40. The van der Waals surface area contributed by atoms with E-state index in [1.54, 1.807) is 0 Å². The molecule has 1 N–H and O–H groups in total. The predicted octanol–water partition coefficient (Wildman–Crippen LogP) is 2.95. The zero-order valence-electron chi connectivity index (χ0n) is 12.7. The molecule has 3 nitrogen and oxygen atoms in total. The Hall–Kier alpha value is -0.570. The summed E-state index contributed by atoms with van der Waals surface area (Å²) >= 11 is 0. The zero-order valence-corrected chi connectivity index (χ0v) is 12.7. The van der Waals surface area contributed by atoms with Gasteiger partial charge in [-0.3, -0.25) is 4.79 Å². The van der Waals surface area contributed by atoms with E-state index in [0.29, 0.717) is 12.3 Å². The minimum atomic E-state index is 0.0918. The molecule has 1 unspecified atom stereocenters. The van der Waals surface area contributed by atoms with Gasteiger partial charge in [0.05, 0.1) is 0 Å². The van der Waals surface area contributed by atoms with Crippen LogP contribution in [0.3, 0.4) is 0 Å². The maximum Gasteiger partial charge on any atom is 0.224 e. The van der Waals surface area contributed by atoms with Gasteiger partial charge in [-0.1, -0.05) is 32.6 Å². The fourth-order valence-corrected chi connectivity index (χ4v) is 3.77. The van der Waals surface area contributed by atoms with Gasteiger partial charge in [0.15, 0.2) is 0 Å². The summed E-state index contributed by atoms with van der Waals surface area (Å²) in [5.74, 6) is 1.11. The van der Waals surface area contributed by atoms with E-state index in [2.05, 4.69) is 17.1 Å². The molecule has 19 heavy (non-hydrogen) atoms. The van der Waals surface area contributed by atoms with Crippen molar-refractivity contribution >= 4 is 5.91 Å². The number of hydrogen-bond donors (Lipinski definition) is 1. The molecule has 1 atom stereocenters. The lowest BCUT2D eigenvalue weighted by Crippen LogP contribution is -2.50. The van der Waals surface area contributed by atoms with Gasteiger partial charge >= 0.3 is 0 Å². The van der Waals surface area contributed by atoms with E-state index >= 15 is 0 Å². The highest BCUT2D eigenvalue weighted by Crippen LogP contribution is 2.32. The number of rotatable bonds is 4. The van der Waals surface area contributed by atoms with E-state index in [1.165, 1.54) is 51.4 Å². The van der Waals surface area contributed by atoms with Crippen molar-refractivity contribution in [3.63, 3.8) is 0 Å². The van der Waals surface area contributed by atoms with Crippen molar-refractivity contribution in [2.75, 3.05) is 20.1 Å². The maximum absolute atomic E-state index is 12.6. The predicted molar refractivity (Wildman–Crippen MR) is 79.1 cm³/mol. The molecule has 0 spiro atoms. The molecule has 2 aliphatic rings. The molecule has 0 bridgehead atoms. The van der Waals surface area contributed by atoms with Gasteiger partial charge in [-0.25, -0.2) is 0 Å². The minimum Gasteiger partial charge on any atom is -0.342 e. The quantitative estimate of drug-likeness (QED) is 0.848. The first-order chi connectivity index (χ1) is 9.19. The van der Waals surface area contributed by atoms with Crippen LogP contribution in [0.5, 0.6) is 0 Å². The first-order valence-electron chi connectivity index (χ1n) is 8.16. The fraction of sp³-hybridized carbons (Fsp3) is 0.938. The zero-order chi connectivity index (χ0) is 13.7. The second-order valence-corrected chi connectivity index (χ2v) is 6.52. The van der Waals surface area contributed by atoms with Crippen molar-refractivity contribution in [2.24, 2.45) is 5.92 Å². The second-order valence-electron chi connectivity index (χ2n) is 6.52. The summed E-state index contributed by atoms with van der Waals surface area (Å²) in [5, 5.41) is 3.47. The highest BCUT2D eigenvalue weighted by atomic mass is 16.2. The van der Waals surface area contributed by atoms with E-state index < -0.39 is 0 Å². The molecule has 0 aromatic rings. The summed E-state index contributed by atoms with van der Waals surface area (Å²) < 4.78 is 0. The molecular weight excluding hydrogens is 236 g/mol. The van der Waals surface area contributed by atoms with Crippen molar-refractivity contribution in [3.8, 4) is 0 Å². The van der Waals surface area contributed by atoms with Crippen molar-refractivity contribution in [3.05, 3.63) is 0 Å². The van der Waals surface area contributed by atoms with Gasteiger partial charge in [-0.2, -0.15) is 0 Å². The van der Waals surface area contributed by atoms with Crippen molar-refractivity contribution < 1.29 is 4.79 Å². The average Bonchev–Trinajstić information content (AvgIpc) is 2.48. The molecule has 1 aliphatic heterocycles. The number of amides is 1. The molecule has 3 heteroatoms. The molecule has 1 aliphatic carbocycles. The Balaban J connectivity index is 1.91. The number of likely N-dealkylation sites (tertiary alicyclic amines) is 1. The topological polar surface area (TPSA) is 32.3 Å². The molecule has 1 saturated heterocycles. The van der Waals surface area contributed by atoms with E-state index in [9.17, 15) is 4.79 Å². The lowest BCUT2D eigenvalue weighted by molar-refractivity contribution is -0.135. The van der Waals surface area contributed by atoms with Gasteiger partial charge < -0.3 is 10.2 Å². The monoisotopic (exact) mass is 266 g/mol. The highest BCUT2D eigenvalue weighted by Gasteiger charge is 2.34. The summed E-state index contributed by atoms with van der Waals surface area (Å²) in [4.78, 5) is 14.7. The van der Waals surface area contributed by atoms with Crippen LogP contribution in [0.1, 0.15) is 64.7 Å². The minimum absolute atomic E-state index is 0.0918. The third-order valence-corrected chi connectivity index (χ3v) is 5.28. The van der Waals surface area contributed by atoms with Crippen LogP contribution in [0, 0.1) is 5.92 Å². The molecule has 1 saturated carbocycles. The summed E-state index contributed by atoms with van der Waals surface area (Å²) in [6.45, 7) is 4.22. The molecule has 0 aromatic heterocycles. The lowest BCUT2D eigenvalue weighted by atomic mass is 9.79. The molecule has 1 amide bonds. The Bertz CT molecular complexity index is 297. The van der Waals surface area contributed by atoms with Crippen molar-refractivity contribution in [1.82, 2.24) is 10.2 Å². The first-order valence-corrected chi connectivity index (χ1v) is 8.16. The van der Waals surface area contributed by atoms with E-state index in [4.69, 9.17) is 0 Å². The summed E-state index contributed by atoms with van der Waals surface area (Å²) in [6, 6.07) is 0. The number of hydrogen-bond acceptors (Lipinski definition) is 2. The number of carbonyl (C=O) groups is 1. The first kappa shape index (κ1) is 14.8. The number of nitrogens with zero attached hydrogens (tertiary/aromatic N) is 1. The number of carbonyl (C=O) groups excluding carboxylic acids is 1. The van der Waals surface area contributed by atoms with Crippen LogP contribution in [-0.2, 0) is 4.79 Å². The maximum atomic E-state index is 12.6. The Morgan fingerprint density at radius 1 is 1.26 bits per heavy atom. The second kappa shape index (κ2) is 6.74. The van der Waals surface area contributed by atoms with Crippen molar-refractivity contribution in [2.45, 2.75) is 70.3 Å². The normalized spacial score (nSPS) is 27.3. The molecule has 0 aromatic carbocycles. The van der Waals surface area contributed by atoms with E-state index in [0.717, 1.165) is 19.0 Å². The SMILES string of the molecule is CCC1CCCN(C(=O)CC2(NC)CCCCC2)C1. The standard InChI is InChI=1S/C16H30N2O/c1-3-14-8-7-11-18(13-14)15(19)12-16(17-2)9-5-4-6-10-16/h14,17H,3-13H2,1-2H3. The number of piperidine rings is 1. The smallest absolute Gasteiger partial charge is 0.224 e. The van der Waals surface area contributed by atoms with Gasteiger partial charge in [0.25, 0.3) is 0 Å². The van der Waals surface area contributed by atoms with Gasteiger partial charge in [0, 0.05) is 25.0 Å². The third kappa shape index (κ3) is 3.71. The molecular formula is C16H30N2O. The van der Waals surface area contributed by atoms with Gasteiger partial charge in [0.1, 0.15) is 0 Å². The summed E-state index contributed by atoms with van der Waals surface area (Å²) in [5.41, 5.74) is 0.0918. The van der Waals surface area contributed by atoms with Crippen LogP contribution < -0.4 is 5.32 Å². The van der Waals surface area contributed by atoms with Crippen LogP contribution >= 0.6 is 0 Å². The summed E-state index contributed by atoms with van der Waals surface area (Å²) in [6.07, 6.45) is 10.6. The fourth-order valence-electron chi connectivity index (χ4n) is 3.77. The molecule has 0 radical (unpaired) electrons. The molecule has 1 heterocycles. The Kier molecular flexibility index (Phi) is 5.26. The van der Waals surface area contributed by atoms with Crippen LogP contribution in [0.25, 0.3) is 0 Å². The largest absolute Gasteiger partial charge is 0.342 e. The Labute approximate surface area is 118 Å². The van der Waals surface area contributed by atoms with E-state index in [-0.39, 0.29) is 5.54 Å². The average molecular weight is 266 g/mol.